The highest BCUT2D eigenvalue weighted by atomic mass is 32.2. The highest BCUT2D eigenvalue weighted by Gasteiger charge is 2.32. The number of nitrogens with zero attached hydrogens (tertiary/aromatic N) is 3. The number of nitrogens with one attached hydrogen (secondary N) is 1. The van der Waals surface area contributed by atoms with Gasteiger partial charge in [-0.15, -0.1) is 11.8 Å². The first-order valence-corrected chi connectivity index (χ1v) is 11.4. The van der Waals surface area contributed by atoms with E-state index in [0.717, 1.165) is 10.5 Å². The number of allylic oxidation sites excluding steroid dienone is 1. The van der Waals surface area contributed by atoms with Crippen LogP contribution in [0.15, 0.2) is 58.5 Å². The van der Waals surface area contributed by atoms with Gasteiger partial charge in [-0.25, -0.2) is 5.43 Å². The van der Waals surface area contributed by atoms with E-state index in [2.05, 4.69) is 68.3 Å². The third-order valence-electron chi connectivity index (χ3n) is 5.23. The molecule has 1 amide bonds. The number of carbonyl (C=O) groups is 1. The van der Waals surface area contributed by atoms with Gasteiger partial charge in [0, 0.05) is 34.3 Å². The summed E-state index contributed by atoms with van der Waals surface area (Å²) in [5.74, 6) is -0.0778. The average molecular weight is 453 g/mol. The maximum Gasteiger partial charge on any atom is 0.269 e. The molecule has 7 nitrogen and oxygen atoms in total. The summed E-state index contributed by atoms with van der Waals surface area (Å²) in [5.41, 5.74) is 7.00. The van der Waals surface area contributed by atoms with E-state index in [4.69, 9.17) is 0 Å². The second-order valence-corrected chi connectivity index (χ2v) is 9.60. The SMILES string of the molecule is CC1=CC(C)(C)N(C(C)C)c2ccc(/C=N\NC(=O)CSc3ccc([N+](=O)[O-])cc3)cc21. The van der Waals surface area contributed by atoms with E-state index in [1.165, 1.54) is 40.7 Å². The van der Waals surface area contributed by atoms with E-state index in [0.29, 0.717) is 6.04 Å². The first-order valence-electron chi connectivity index (χ1n) is 10.4. The number of non-ortho nitro benzene ring substituents is 1. The zero-order valence-corrected chi connectivity index (χ0v) is 19.8. The van der Waals surface area contributed by atoms with Gasteiger partial charge in [-0.3, -0.25) is 14.9 Å². The number of hydrazone groups is 1. The van der Waals surface area contributed by atoms with E-state index in [-0.39, 0.29) is 22.9 Å². The molecule has 2 aromatic carbocycles. The average Bonchev–Trinajstić information content (AvgIpc) is 2.72. The monoisotopic (exact) mass is 452 g/mol. The van der Waals surface area contributed by atoms with Gasteiger partial charge in [0.15, 0.2) is 0 Å². The van der Waals surface area contributed by atoms with Crippen LogP contribution in [0.1, 0.15) is 45.7 Å². The number of fused-ring (bicyclic) bond motifs is 1. The minimum absolute atomic E-state index is 0.0265. The maximum absolute atomic E-state index is 12.1. The molecule has 0 aliphatic carbocycles. The minimum Gasteiger partial charge on any atom is -0.360 e. The van der Waals surface area contributed by atoms with Crippen molar-refractivity contribution in [3.8, 4) is 0 Å². The summed E-state index contributed by atoms with van der Waals surface area (Å²) < 4.78 is 0. The molecule has 2 aromatic rings. The van der Waals surface area contributed by atoms with Crippen LogP contribution in [0, 0.1) is 10.1 Å². The summed E-state index contributed by atoms with van der Waals surface area (Å²) in [4.78, 5) is 25.5. The molecule has 1 heterocycles. The van der Waals surface area contributed by atoms with Crippen LogP contribution in [0.3, 0.4) is 0 Å². The van der Waals surface area contributed by atoms with Gasteiger partial charge < -0.3 is 4.90 Å². The maximum atomic E-state index is 12.1. The van der Waals surface area contributed by atoms with Gasteiger partial charge in [-0.1, -0.05) is 12.1 Å². The van der Waals surface area contributed by atoms with Gasteiger partial charge in [0.1, 0.15) is 0 Å². The number of carbonyl (C=O) groups excluding carboxylic acids is 1. The first-order chi connectivity index (χ1) is 15.1. The van der Waals surface area contributed by atoms with E-state index in [1.807, 2.05) is 6.07 Å². The minimum atomic E-state index is -0.449. The summed E-state index contributed by atoms with van der Waals surface area (Å²) in [6, 6.07) is 12.7. The normalized spacial score (nSPS) is 14.9. The zero-order valence-electron chi connectivity index (χ0n) is 19.0. The Kier molecular flexibility index (Phi) is 7.03. The molecule has 0 radical (unpaired) electrons. The third kappa shape index (κ3) is 5.37. The van der Waals surface area contributed by atoms with E-state index in [1.54, 1.807) is 18.3 Å². The van der Waals surface area contributed by atoms with Crippen LogP contribution >= 0.6 is 11.8 Å². The van der Waals surface area contributed by atoms with Crippen molar-refractivity contribution in [2.75, 3.05) is 10.7 Å². The Morgan fingerprint density at radius 3 is 2.56 bits per heavy atom. The lowest BCUT2D eigenvalue weighted by molar-refractivity contribution is -0.384. The highest BCUT2D eigenvalue weighted by molar-refractivity contribution is 8.00. The molecule has 0 fully saturated rings. The molecule has 168 valence electrons. The number of nitro benzene ring substituents is 1. The van der Waals surface area contributed by atoms with Crippen LogP contribution in [-0.2, 0) is 4.79 Å². The van der Waals surface area contributed by atoms with Gasteiger partial charge in [0.05, 0.1) is 22.4 Å². The molecular weight excluding hydrogens is 424 g/mol. The zero-order chi connectivity index (χ0) is 23.5. The van der Waals surface area contributed by atoms with Gasteiger partial charge in [-0.05, 0) is 70.0 Å². The van der Waals surface area contributed by atoms with E-state index in [9.17, 15) is 14.9 Å². The highest BCUT2D eigenvalue weighted by Crippen LogP contribution is 2.40. The molecular formula is C24H28N4O3S. The molecule has 0 atom stereocenters. The summed E-state index contributed by atoms with van der Waals surface area (Å²) in [5, 5.41) is 14.8. The van der Waals surface area contributed by atoms with Crippen molar-refractivity contribution in [2.45, 2.75) is 51.1 Å². The van der Waals surface area contributed by atoms with Gasteiger partial charge in [-0.2, -0.15) is 5.10 Å². The summed E-state index contributed by atoms with van der Waals surface area (Å²) in [7, 11) is 0. The fourth-order valence-corrected chi connectivity index (χ4v) is 4.81. The summed E-state index contributed by atoms with van der Waals surface area (Å²) >= 11 is 1.30. The molecule has 0 spiro atoms. The van der Waals surface area contributed by atoms with Crippen molar-refractivity contribution >= 4 is 40.8 Å². The fraction of sp³-hybridized carbons (Fsp3) is 0.333. The molecule has 1 aliphatic rings. The van der Waals surface area contributed by atoms with Crippen LogP contribution in [-0.4, -0.2) is 34.4 Å². The Hall–Kier alpha value is -3.13. The Labute approximate surface area is 192 Å². The van der Waals surface area contributed by atoms with Crippen LogP contribution < -0.4 is 10.3 Å². The second kappa shape index (κ2) is 9.56. The van der Waals surface area contributed by atoms with Crippen LogP contribution in [0.25, 0.3) is 5.57 Å². The lowest BCUT2D eigenvalue weighted by atomic mass is 9.87. The number of benzene rings is 2. The van der Waals surface area contributed by atoms with Gasteiger partial charge in [0.25, 0.3) is 5.69 Å². The number of anilines is 1. The second-order valence-electron chi connectivity index (χ2n) is 8.55. The topological polar surface area (TPSA) is 87.8 Å². The van der Waals surface area contributed by atoms with Crippen molar-refractivity contribution in [1.82, 2.24) is 5.43 Å². The van der Waals surface area contributed by atoms with E-state index >= 15 is 0 Å². The quantitative estimate of drug-likeness (QED) is 0.268. The summed E-state index contributed by atoms with van der Waals surface area (Å²) in [6.07, 6.45) is 3.93. The van der Waals surface area contributed by atoms with Crippen molar-refractivity contribution in [2.24, 2.45) is 5.10 Å². The van der Waals surface area contributed by atoms with Gasteiger partial charge in [0.2, 0.25) is 5.91 Å². The molecule has 8 heteroatoms. The van der Waals surface area contributed by atoms with Crippen molar-refractivity contribution in [3.63, 3.8) is 0 Å². The molecule has 3 rings (SSSR count). The number of thioether (sulfide) groups is 1. The Morgan fingerprint density at radius 2 is 1.94 bits per heavy atom. The lowest BCUT2D eigenvalue weighted by Crippen LogP contribution is -2.49. The summed E-state index contributed by atoms with van der Waals surface area (Å²) in [6.45, 7) is 11.0. The molecule has 1 aliphatic heterocycles. The predicted molar refractivity (Wildman–Crippen MR) is 131 cm³/mol. The Morgan fingerprint density at radius 1 is 1.25 bits per heavy atom. The van der Waals surface area contributed by atoms with Crippen molar-refractivity contribution in [3.05, 3.63) is 69.8 Å². The lowest BCUT2D eigenvalue weighted by Gasteiger charge is -2.46. The van der Waals surface area contributed by atoms with Crippen molar-refractivity contribution in [1.29, 1.82) is 0 Å². The molecule has 0 aromatic heterocycles. The standard InChI is InChI=1S/C24H28N4O3S/c1-16(2)27-22-11-6-18(12-21(22)17(3)13-24(27,4)5)14-25-26-23(29)15-32-20-9-7-19(8-10-20)28(30)31/h6-14,16H,15H2,1-5H3,(H,26,29)/b25-14-. The van der Waals surface area contributed by atoms with Crippen LogP contribution in [0.5, 0.6) is 0 Å². The van der Waals surface area contributed by atoms with Crippen LogP contribution in [0.2, 0.25) is 0 Å². The first kappa shape index (κ1) is 23.5. The molecule has 0 unspecified atom stereocenters. The van der Waals surface area contributed by atoms with Crippen molar-refractivity contribution < 1.29 is 9.72 Å². The molecule has 0 saturated heterocycles. The number of hydrogen-bond acceptors (Lipinski definition) is 6. The fourth-order valence-electron chi connectivity index (χ4n) is 4.12. The van der Waals surface area contributed by atoms with Crippen LogP contribution in [0.4, 0.5) is 11.4 Å². The Bertz CT molecular complexity index is 1080. The molecule has 0 bridgehead atoms. The third-order valence-corrected chi connectivity index (χ3v) is 6.24. The number of hydrogen-bond donors (Lipinski definition) is 1. The molecule has 32 heavy (non-hydrogen) atoms. The van der Waals surface area contributed by atoms with Gasteiger partial charge >= 0.3 is 0 Å². The number of rotatable bonds is 7. The Balaban J connectivity index is 1.62. The number of nitro groups is 1. The van der Waals surface area contributed by atoms with E-state index < -0.39 is 4.92 Å². The largest absolute Gasteiger partial charge is 0.360 e. The molecule has 0 saturated carbocycles. The molecule has 1 N–H and O–H groups in total. The number of amides is 1. The predicted octanol–water partition coefficient (Wildman–Crippen LogP) is 5.25. The smallest absolute Gasteiger partial charge is 0.269 e.